The molecule has 120 valence electrons. The van der Waals surface area contributed by atoms with Gasteiger partial charge in [0.1, 0.15) is 5.82 Å². The van der Waals surface area contributed by atoms with Crippen molar-refractivity contribution in [2.75, 3.05) is 17.2 Å². The largest absolute Gasteiger partial charge is 0.366 e. The molecule has 1 aromatic carbocycles. The summed E-state index contributed by atoms with van der Waals surface area (Å²) in [6.07, 6.45) is 10.4. The Labute approximate surface area is 138 Å². The lowest BCUT2D eigenvalue weighted by atomic mass is 9.97. The fourth-order valence-electron chi connectivity index (χ4n) is 2.80. The molecule has 0 amide bonds. The van der Waals surface area contributed by atoms with E-state index in [1.54, 1.807) is 11.8 Å². The summed E-state index contributed by atoms with van der Waals surface area (Å²) in [5, 5.41) is 6.67. The van der Waals surface area contributed by atoms with Crippen LogP contribution in [0.2, 0.25) is 0 Å². The summed E-state index contributed by atoms with van der Waals surface area (Å²) in [7, 11) is 0. The molecular weight excluding hydrogens is 284 g/mol. The molecule has 0 spiro atoms. The number of allylic oxidation sites excluding steroid dienone is 1. The van der Waals surface area contributed by atoms with Crippen molar-refractivity contribution in [3.05, 3.63) is 59.8 Å². The smallest absolute Gasteiger partial charge is 0.224 e. The van der Waals surface area contributed by atoms with Crippen molar-refractivity contribution in [3.63, 3.8) is 0 Å². The van der Waals surface area contributed by atoms with Gasteiger partial charge in [-0.05, 0) is 43.7 Å². The average Bonchev–Trinajstić information content (AvgIpc) is 2.62. The average molecular weight is 308 g/mol. The summed E-state index contributed by atoms with van der Waals surface area (Å²) >= 11 is 0. The highest BCUT2D eigenvalue weighted by molar-refractivity contribution is 5.40. The minimum atomic E-state index is 0.694. The van der Waals surface area contributed by atoms with E-state index in [0.717, 1.165) is 25.3 Å². The van der Waals surface area contributed by atoms with E-state index in [9.17, 15) is 0 Å². The second kappa shape index (κ2) is 8.32. The third-order valence-electron chi connectivity index (χ3n) is 4.09. The Bertz CT molecular complexity index is 637. The Hall–Kier alpha value is -2.36. The Balaban J connectivity index is 1.48. The highest BCUT2D eigenvalue weighted by Crippen LogP contribution is 2.19. The Morgan fingerprint density at radius 2 is 1.91 bits per heavy atom. The molecule has 1 aliphatic rings. The molecule has 1 heterocycles. The van der Waals surface area contributed by atoms with Gasteiger partial charge in [0.25, 0.3) is 0 Å². The molecule has 4 nitrogen and oxygen atoms in total. The van der Waals surface area contributed by atoms with E-state index in [1.165, 1.54) is 31.2 Å². The number of nitrogens with one attached hydrogen (secondary N) is 2. The number of benzene rings is 1. The van der Waals surface area contributed by atoms with Crippen LogP contribution in [-0.4, -0.2) is 16.5 Å². The van der Waals surface area contributed by atoms with E-state index in [2.05, 4.69) is 38.8 Å². The van der Waals surface area contributed by atoms with E-state index in [-0.39, 0.29) is 0 Å². The number of nitrogens with zero attached hydrogens (tertiary/aromatic N) is 2. The number of rotatable bonds is 7. The van der Waals surface area contributed by atoms with E-state index in [1.807, 2.05) is 24.3 Å². The van der Waals surface area contributed by atoms with Crippen LogP contribution in [0.3, 0.4) is 0 Å². The first kappa shape index (κ1) is 15.5. The lowest BCUT2D eigenvalue weighted by Crippen LogP contribution is -2.09. The molecule has 0 saturated heterocycles. The fourth-order valence-corrected chi connectivity index (χ4v) is 2.80. The van der Waals surface area contributed by atoms with Gasteiger partial charge in [0.2, 0.25) is 5.95 Å². The summed E-state index contributed by atoms with van der Waals surface area (Å²) in [6, 6.07) is 12.2. The van der Waals surface area contributed by atoms with Crippen molar-refractivity contribution in [2.45, 2.75) is 38.6 Å². The fraction of sp³-hybridized carbons (Fsp3) is 0.368. The minimum Gasteiger partial charge on any atom is -0.366 e. The van der Waals surface area contributed by atoms with Gasteiger partial charge in [0.05, 0.1) is 0 Å². The highest BCUT2D eigenvalue weighted by Gasteiger charge is 2.04. The van der Waals surface area contributed by atoms with Crippen LogP contribution in [-0.2, 0) is 6.54 Å². The predicted molar refractivity (Wildman–Crippen MR) is 95.5 cm³/mol. The zero-order chi connectivity index (χ0) is 15.7. The van der Waals surface area contributed by atoms with Crippen LogP contribution in [0.15, 0.2) is 54.2 Å². The van der Waals surface area contributed by atoms with E-state index >= 15 is 0 Å². The zero-order valence-corrected chi connectivity index (χ0v) is 13.5. The summed E-state index contributed by atoms with van der Waals surface area (Å²) in [6.45, 7) is 1.66. The van der Waals surface area contributed by atoms with Gasteiger partial charge in [-0.3, -0.25) is 0 Å². The Morgan fingerprint density at radius 3 is 2.74 bits per heavy atom. The number of anilines is 2. The summed E-state index contributed by atoms with van der Waals surface area (Å²) in [5.41, 5.74) is 2.81. The zero-order valence-electron chi connectivity index (χ0n) is 13.5. The van der Waals surface area contributed by atoms with E-state index in [4.69, 9.17) is 0 Å². The van der Waals surface area contributed by atoms with Crippen molar-refractivity contribution in [1.82, 2.24) is 9.97 Å². The topological polar surface area (TPSA) is 49.8 Å². The van der Waals surface area contributed by atoms with Crippen molar-refractivity contribution >= 4 is 11.8 Å². The van der Waals surface area contributed by atoms with Gasteiger partial charge in [0.15, 0.2) is 0 Å². The summed E-state index contributed by atoms with van der Waals surface area (Å²) in [4.78, 5) is 8.81. The van der Waals surface area contributed by atoms with E-state index < -0.39 is 0 Å². The van der Waals surface area contributed by atoms with Gasteiger partial charge in [-0.15, -0.1) is 0 Å². The normalized spacial score (nSPS) is 14.2. The van der Waals surface area contributed by atoms with Crippen LogP contribution in [0.4, 0.5) is 11.8 Å². The third-order valence-corrected chi connectivity index (χ3v) is 4.09. The monoisotopic (exact) mass is 308 g/mol. The Kier molecular flexibility index (Phi) is 5.62. The number of hydrogen-bond donors (Lipinski definition) is 2. The lowest BCUT2D eigenvalue weighted by molar-refractivity contribution is 0.679. The maximum atomic E-state index is 4.52. The Morgan fingerprint density at radius 1 is 1.00 bits per heavy atom. The first-order valence-corrected chi connectivity index (χ1v) is 8.43. The molecule has 0 bridgehead atoms. The summed E-state index contributed by atoms with van der Waals surface area (Å²) in [5.74, 6) is 1.54. The first-order valence-electron chi connectivity index (χ1n) is 8.43. The van der Waals surface area contributed by atoms with Crippen molar-refractivity contribution in [3.8, 4) is 0 Å². The molecule has 2 N–H and O–H groups in total. The SMILES string of the molecule is C1=C(CCNc2nccc(NCc3ccccc3)n2)CCCC1. The second-order valence-electron chi connectivity index (χ2n) is 5.89. The van der Waals surface area contributed by atoms with Gasteiger partial charge in [-0.1, -0.05) is 42.0 Å². The molecule has 0 atom stereocenters. The maximum Gasteiger partial charge on any atom is 0.224 e. The molecule has 0 aliphatic heterocycles. The molecule has 2 aromatic rings. The van der Waals surface area contributed by atoms with Crippen LogP contribution in [0.5, 0.6) is 0 Å². The lowest BCUT2D eigenvalue weighted by Gasteiger charge is -2.13. The predicted octanol–water partition coefficient (Wildman–Crippen LogP) is 4.39. The quantitative estimate of drug-likeness (QED) is 0.745. The summed E-state index contributed by atoms with van der Waals surface area (Å²) < 4.78 is 0. The van der Waals surface area contributed by atoms with Gasteiger partial charge in [0, 0.05) is 19.3 Å². The van der Waals surface area contributed by atoms with Crippen molar-refractivity contribution < 1.29 is 0 Å². The highest BCUT2D eigenvalue weighted by atomic mass is 15.1. The van der Waals surface area contributed by atoms with Gasteiger partial charge >= 0.3 is 0 Å². The third kappa shape index (κ3) is 5.09. The standard InChI is InChI=1S/C19H24N4/c1-3-7-16(8-4-1)11-13-20-19-21-14-12-18(23-19)22-15-17-9-5-2-6-10-17/h2,5-7,9-10,12,14H,1,3-4,8,11,13,15H2,(H2,20,21,22,23). The van der Waals surface area contributed by atoms with Crippen LogP contribution in [0.1, 0.15) is 37.7 Å². The van der Waals surface area contributed by atoms with Gasteiger partial charge in [-0.2, -0.15) is 4.98 Å². The van der Waals surface area contributed by atoms with Crippen LogP contribution < -0.4 is 10.6 Å². The molecule has 3 rings (SSSR count). The molecule has 0 saturated carbocycles. The minimum absolute atomic E-state index is 0.694. The molecule has 1 aromatic heterocycles. The second-order valence-corrected chi connectivity index (χ2v) is 5.89. The molecule has 23 heavy (non-hydrogen) atoms. The van der Waals surface area contributed by atoms with Gasteiger partial charge < -0.3 is 10.6 Å². The molecule has 0 fully saturated rings. The van der Waals surface area contributed by atoms with E-state index in [0.29, 0.717) is 5.95 Å². The maximum absolute atomic E-state index is 4.52. The first-order chi connectivity index (χ1) is 11.4. The van der Waals surface area contributed by atoms with Crippen LogP contribution in [0, 0.1) is 0 Å². The van der Waals surface area contributed by atoms with Crippen molar-refractivity contribution in [2.24, 2.45) is 0 Å². The van der Waals surface area contributed by atoms with Crippen LogP contribution in [0.25, 0.3) is 0 Å². The molecule has 4 heteroatoms. The molecule has 0 radical (unpaired) electrons. The van der Waals surface area contributed by atoms with Gasteiger partial charge in [-0.25, -0.2) is 4.98 Å². The van der Waals surface area contributed by atoms with Crippen molar-refractivity contribution in [1.29, 1.82) is 0 Å². The molecule has 1 aliphatic carbocycles. The number of aromatic nitrogens is 2. The molecular formula is C19H24N4. The molecule has 0 unspecified atom stereocenters. The van der Waals surface area contributed by atoms with Crippen LogP contribution >= 0.6 is 0 Å². The number of hydrogen-bond acceptors (Lipinski definition) is 4.